The van der Waals surface area contributed by atoms with Crippen molar-refractivity contribution < 1.29 is 4.74 Å². The number of morpholine rings is 1. The van der Waals surface area contributed by atoms with Crippen molar-refractivity contribution in [3.8, 4) is 5.69 Å². The molecule has 1 saturated heterocycles. The number of rotatable bonds is 4. The summed E-state index contributed by atoms with van der Waals surface area (Å²) < 4.78 is 12.2. The molecule has 0 bridgehead atoms. The zero-order valence-electron chi connectivity index (χ0n) is 19.0. The number of imidazole rings is 2. The Morgan fingerprint density at radius 3 is 2.44 bits per heavy atom. The van der Waals surface area contributed by atoms with Crippen LogP contribution in [-0.2, 0) is 18.3 Å². The van der Waals surface area contributed by atoms with E-state index in [0.29, 0.717) is 43.2 Å². The van der Waals surface area contributed by atoms with E-state index in [1.807, 2.05) is 36.4 Å². The first-order chi connectivity index (χ1) is 15.4. The lowest BCUT2D eigenvalue weighted by molar-refractivity contribution is 0.0361. The maximum Gasteiger partial charge on any atom is 0.332 e. The predicted molar refractivity (Wildman–Crippen MR) is 123 cm³/mol. The van der Waals surface area contributed by atoms with Gasteiger partial charge in [0.25, 0.3) is 5.56 Å². The zero-order chi connectivity index (χ0) is 22.6. The van der Waals surface area contributed by atoms with Crippen LogP contribution in [0.25, 0.3) is 22.6 Å². The fraction of sp³-hybridized carbons (Fsp3) is 0.435. The first-order valence-electron chi connectivity index (χ1n) is 11.0. The van der Waals surface area contributed by atoms with E-state index in [1.54, 1.807) is 7.05 Å². The first-order valence-corrected chi connectivity index (χ1v) is 11.0. The minimum Gasteiger partial charge on any atom is -0.379 e. The van der Waals surface area contributed by atoms with Crippen LogP contribution >= 0.6 is 0 Å². The quantitative estimate of drug-likeness (QED) is 0.483. The molecule has 0 amide bonds. The van der Waals surface area contributed by atoms with Crippen LogP contribution < -0.4 is 11.2 Å². The topological polar surface area (TPSA) is 78.7 Å². The summed E-state index contributed by atoms with van der Waals surface area (Å²) >= 11 is 0. The molecule has 0 N–H and O–H groups in total. The summed E-state index contributed by atoms with van der Waals surface area (Å²) in [5, 5.41) is 0. The van der Waals surface area contributed by atoms with Gasteiger partial charge in [0.05, 0.1) is 18.9 Å². The van der Waals surface area contributed by atoms with Gasteiger partial charge in [-0.05, 0) is 32.4 Å². The van der Waals surface area contributed by atoms with Gasteiger partial charge in [-0.3, -0.25) is 27.8 Å². The Labute approximate surface area is 185 Å². The Morgan fingerprint density at radius 1 is 1.00 bits per heavy atom. The van der Waals surface area contributed by atoms with Gasteiger partial charge in [0.1, 0.15) is 0 Å². The molecule has 32 heavy (non-hydrogen) atoms. The highest BCUT2D eigenvalue weighted by atomic mass is 16.5. The minimum absolute atomic E-state index is 0.297. The average molecular weight is 437 g/mol. The van der Waals surface area contributed by atoms with Crippen LogP contribution in [0.4, 0.5) is 0 Å². The highest BCUT2D eigenvalue weighted by Crippen LogP contribution is 2.26. The molecular formula is C23H28N6O3. The van der Waals surface area contributed by atoms with Gasteiger partial charge >= 0.3 is 5.69 Å². The number of hydrogen-bond donors (Lipinski definition) is 0. The average Bonchev–Trinajstić information content (AvgIpc) is 3.29. The van der Waals surface area contributed by atoms with Crippen molar-refractivity contribution in [2.45, 2.75) is 27.3 Å². The highest BCUT2D eigenvalue weighted by molar-refractivity contribution is 5.77. The van der Waals surface area contributed by atoms with Gasteiger partial charge < -0.3 is 4.74 Å². The molecule has 5 rings (SSSR count). The van der Waals surface area contributed by atoms with Crippen molar-refractivity contribution in [2.24, 2.45) is 7.05 Å². The van der Waals surface area contributed by atoms with Crippen LogP contribution in [0.1, 0.15) is 17.0 Å². The largest absolute Gasteiger partial charge is 0.379 e. The highest BCUT2D eigenvalue weighted by Gasteiger charge is 2.24. The van der Waals surface area contributed by atoms with Gasteiger partial charge in [-0.25, -0.2) is 4.79 Å². The third-order valence-corrected chi connectivity index (χ3v) is 6.62. The number of benzene rings is 1. The minimum atomic E-state index is -0.340. The lowest BCUT2D eigenvalue weighted by Crippen LogP contribution is -2.44. The van der Waals surface area contributed by atoms with Crippen molar-refractivity contribution in [3.05, 3.63) is 62.1 Å². The van der Waals surface area contributed by atoms with Crippen molar-refractivity contribution in [3.63, 3.8) is 0 Å². The van der Waals surface area contributed by atoms with Crippen molar-refractivity contribution >= 4 is 16.9 Å². The molecule has 1 fully saturated rings. The Bertz CT molecular complexity index is 1450. The molecule has 9 nitrogen and oxygen atoms in total. The van der Waals surface area contributed by atoms with Gasteiger partial charge in [-0.1, -0.05) is 18.2 Å². The number of aromatic nitrogens is 5. The summed E-state index contributed by atoms with van der Waals surface area (Å²) in [4.78, 5) is 33.6. The Balaban J connectivity index is 1.72. The summed E-state index contributed by atoms with van der Waals surface area (Å²) in [7, 11) is 1.68. The summed E-state index contributed by atoms with van der Waals surface area (Å²) in [5.74, 6) is 0.641. The van der Waals surface area contributed by atoms with Crippen LogP contribution in [-0.4, -0.2) is 60.8 Å². The molecule has 0 unspecified atom stereocenters. The number of ether oxygens (including phenoxy) is 1. The van der Waals surface area contributed by atoms with Crippen LogP contribution in [0.2, 0.25) is 0 Å². The second-order valence-corrected chi connectivity index (χ2v) is 8.46. The molecular weight excluding hydrogens is 408 g/mol. The van der Waals surface area contributed by atoms with Gasteiger partial charge in [0, 0.05) is 44.6 Å². The van der Waals surface area contributed by atoms with Crippen LogP contribution in [0, 0.1) is 20.8 Å². The molecule has 0 saturated carbocycles. The van der Waals surface area contributed by atoms with Crippen LogP contribution in [0.3, 0.4) is 0 Å². The molecule has 4 aromatic rings. The Kier molecular flexibility index (Phi) is 5.02. The normalized spacial score (nSPS) is 15.2. The van der Waals surface area contributed by atoms with E-state index < -0.39 is 0 Å². The standard InChI is InChI=1S/C23H28N6O3/c1-15-7-5-6-8-18(15)28-16(2)17(3)29-19-20(24-22(28)29)25(4)23(31)27(21(19)30)10-9-26-11-13-32-14-12-26/h5-8H,9-14H2,1-4H3. The lowest BCUT2D eigenvalue weighted by atomic mass is 10.2. The Hall–Kier alpha value is -3.17. The zero-order valence-corrected chi connectivity index (χ0v) is 19.0. The summed E-state index contributed by atoms with van der Waals surface area (Å²) in [6.07, 6.45) is 0. The fourth-order valence-corrected chi connectivity index (χ4v) is 4.62. The van der Waals surface area contributed by atoms with Gasteiger partial charge in [-0.2, -0.15) is 4.98 Å². The van der Waals surface area contributed by atoms with E-state index >= 15 is 0 Å². The van der Waals surface area contributed by atoms with Gasteiger partial charge in [-0.15, -0.1) is 0 Å². The van der Waals surface area contributed by atoms with Crippen molar-refractivity contribution in [1.82, 2.24) is 28.0 Å². The SMILES string of the molecule is Cc1ccccc1-n1c(C)c(C)n2c3c(=O)n(CCN4CCOCC4)c(=O)n(C)c3nc12. The number of aryl methyl sites for hydroxylation is 3. The summed E-state index contributed by atoms with van der Waals surface area (Å²) in [6, 6.07) is 8.09. The van der Waals surface area contributed by atoms with E-state index in [1.165, 1.54) is 9.13 Å². The third kappa shape index (κ3) is 3.03. The molecule has 168 valence electrons. The molecule has 0 aliphatic carbocycles. The summed E-state index contributed by atoms with van der Waals surface area (Å²) in [5.41, 5.74) is 4.27. The predicted octanol–water partition coefficient (Wildman–Crippen LogP) is 1.40. The van der Waals surface area contributed by atoms with Gasteiger partial charge in [0.2, 0.25) is 5.78 Å². The van der Waals surface area contributed by atoms with Crippen molar-refractivity contribution in [1.29, 1.82) is 0 Å². The molecule has 0 atom stereocenters. The number of para-hydroxylation sites is 1. The first kappa shape index (κ1) is 20.7. The maximum absolute atomic E-state index is 13.6. The molecule has 0 spiro atoms. The molecule has 1 aliphatic heterocycles. The fourth-order valence-electron chi connectivity index (χ4n) is 4.62. The molecule has 3 aromatic heterocycles. The molecule has 0 radical (unpaired) electrons. The van der Waals surface area contributed by atoms with E-state index in [-0.39, 0.29) is 11.2 Å². The molecule has 1 aliphatic rings. The number of nitrogens with zero attached hydrogens (tertiary/aromatic N) is 6. The van der Waals surface area contributed by atoms with Crippen LogP contribution in [0.15, 0.2) is 33.9 Å². The third-order valence-electron chi connectivity index (χ3n) is 6.62. The van der Waals surface area contributed by atoms with Crippen LogP contribution in [0.5, 0.6) is 0 Å². The van der Waals surface area contributed by atoms with E-state index in [4.69, 9.17) is 9.72 Å². The number of fused-ring (bicyclic) bond motifs is 3. The van der Waals surface area contributed by atoms with E-state index in [0.717, 1.165) is 35.7 Å². The number of hydrogen-bond acceptors (Lipinski definition) is 5. The van der Waals surface area contributed by atoms with E-state index in [9.17, 15) is 9.59 Å². The maximum atomic E-state index is 13.6. The second-order valence-electron chi connectivity index (χ2n) is 8.46. The van der Waals surface area contributed by atoms with E-state index in [2.05, 4.69) is 22.5 Å². The molecule has 1 aromatic carbocycles. The molecule has 9 heteroatoms. The summed E-state index contributed by atoms with van der Waals surface area (Å²) in [6.45, 7) is 10.0. The monoisotopic (exact) mass is 436 g/mol. The van der Waals surface area contributed by atoms with Gasteiger partial charge in [0.15, 0.2) is 11.2 Å². The smallest absolute Gasteiger partial charge is 0.332 e. The second kappa shape index (κ2) is 7.75. The molecule has 4 heterocycles. The lowest BCUT2D eigenvalue weighted by Gasteiger charge is -2.26. The Morgan fingerprint density at radius 2 is 1.72 bits per heavy atom. The van der Waals surface area contributed by atoms with Crippen molar-refractivity contribution in [2.75, 3.05) is 32.8 Å².